The number of halogens is 3. The molecular weight excluding hydrogens is 475 g/mol. The maximum absolute atomic E-state index is 13.3. The summed E-state index contributed by atoms with van der Waals surface area (Å²) >= 11 is 0. The van der Waals surface area contributed by atoms with Gasteiger partial charge in [-0.25, -0.2) is 0 Å². The van der Waals surface area contributed by atoms with Gasteiger partial charge in [-0.1, -0.05) is 25.1 Å². The first-order valence-corrected chi connectivity index (χ1v) is 12.2. The van der Waals surface area contributed by atoms with Gasteiger partial charge in [0, 0.05) is 12.6 Å². The zero-order chi connectivity index (χ0) is 24.3. The summed E-state index contributed by atoms with van der Waals surface area (Å²) in [6.45, 7) is 2.52. The molecule has 0 radical (unpaired) electrons. The molecular formula is C23H22F3NO6S. The Morgan fingerprint density at radius 2 is 1.91 bits per heavy atom. The van der Waals surface area contributed by atoms with Gasteiger partial charge < -0.3 is 18.6 Å². The predicted octanol–water partition coefficient (Wildman–Crippen LogP) is 3.56. The first-order chi connectivity index (χ1) is 16.0. The quantitative estimate of drug-likeness (QED) is 0.477. The lowest BCUT2D eigenvalue weighted by molar-refractivity contribution is -0.146. The highest BCUT2D eigenvalue weighted by Crippen LogP contribution is 2.46. The standard InChI is InChI=1S/C23H22F3NO6S/c1-22-8-9-27(21(28)20-13-31-18-4-2-3-5-19(18)32-20)15(12-22)10-14-6-7-16(11-17(14)22)33-34(29,30)23(24,25)26/h2-7,11,15,20H,8-10,12-13H2,1H3/t15-,20?,22-/m1/s1. The van der Waals surface area contributed by atoms with E-state index in [2.05, 4.69) is 4.18 Å². The van der Waals surface area contributed by atoms with Crippen LogP contribution >= 0.6 is 0 Å². The monoisotopic (exact) mass is 497 g/mol. The highest BCUT2D eigenvalue weighted by molar-refractivity contribution is 7.88. The minimum atomic E-state index is -5.75. The maximum Gasteiger partial charge on any atom is 0.534 e. The molecule has 182 valence electrons. The Bertz CT molecular complexity index is 1250. The zero-order valence-electron chi connectivity index (χ0n) is 18.2. The molecule has 2 aromatic rings. The molecule has 1 amide bonds. The van der Waals surface area contributed by atoms with E-state index in [1.54, 1.807) is 29.2 Å². The lowest BCUT2D eigenvalue weighted by atomic mass is 9.65. The van der Waals surface area contributed by atoms with Crippen molar-refractivity contribution in [2.24, 2.45) is 0 Å². The molecule has 1 fully saturated rings. The molecule has 2 heterocycles. The number of benzene rings is 2. The van der Waals surface area contributed by atoms with Crippen molar-refractivity contribution in [2.45, 2.75) is 49.3 Å². The van der Waals surface area contributed by atoms with Crippen molar-refractivity contribution in [2.75, 3.05) is 13.2 Å². The van der Waals surface area contributed by atoms with Crippen LogP contribution in [-0.4, -0.2) is 50.0 Å². The van der Waals surface area contributed by atoms with Gasteiger partial charge in [-0.3, -0.25) is 4.79 Å². The normalized spacial score (nSPS) is 25.9. The van der Waals surface area contributed by atoms with Gasteiger partial charge in [-0.2, -0.15) is 21.6 Å². The molecule has 0 saturated carbocycles. The van der Waals surface area contributed by atoms with E-state index in [1.807, 2.05) is 13.0 Å². The molecule has 11 heteroatoms. The van der Waals surface area contributed by atoms with Crippen molar-refractivity contribution in [1.82, 2.24) is 4.90 Å². The molecule has 3 aliphatic rings. The molecule has 2 bridgehead atoms. The van der Waals surface area contributed by atoms with Crippen LogP contribution in [0.5, 0.6) is 17.2 Å². The van der Waals surface area contributed by atoms with Gasteiger partial charge in [0.25, 0.3) is 5.91 Å². The molecule has 0 N–H and O–H groups in total. The van der Waals surface area contributed by atoms with Gasteiger partial charge in [0.1, 0.15) is 12.4 Å². The highest BCUT2D eigenvalue weighted by atomic mass is 32.2. The molecule has 3 atom stereocenters. The van der Waals surface area contributed by atoms with Crippen molar-refractivity contribution in [3.05, 3.63) is 53.6 Å². The number of piperidine rings is 1. The zero-order valence-corrected chi connectivity index (χ0v) is 19.0. The van der Waals surface area contributed by atoms with Crippen LogP contribution in [0.25, 0.3) is 0 Å². The average Bonchev–Trinajstić information content (AvgIpc) is 2.78. The molecule has 1 aliphatic carbocycles. The van der Waals surface area contributed by atoms with Crippen LogP contribution in [0.1, 0.15) is 30.9 Å². The average molecular weight is 497 g/mol. The summed E-state index contributed by atoms with van der Waals surface area (Å²) in [7, 11) is -5.75. The molecule has 5 rings (SSSR count). The number of hydrogen-bond acceptors (Lipinski definition) is 6. The third-order valence-electron chi connectivity index (χ3n) is 6.78. The van der Waals surface area contributed by atoms with Crippen molar-refractivity contribution < 1.29 is 40.0 Å². The van der Waals surface area contributed by atoms with Crippen LogP contribution < -0.4 is 13.7 Å². The number of fused-ring (bicyclic) bond motifs is 5. The third-order valence-corrected chi connectivity index (χ3v) is 7.75. The Kier molecular flexibility index (Phi) is 5.23. The summed E-state index contributed by atoms with van der Waals surface area (Å²) in [4.78, 5) is 15.1. The lowest BCUT2D eigenvalue weighted by Crippen LogP contribution is -2.58. The molecule has 2 aliphatic heterocycles. The van der Waals surface area contributed by atoms with Crippen LogP contribution in [0, 0.1) is 0 Å². The summed E-state index contributed by atoms with van der Waals surface area (Å²) in [5.41, 5.74) is -4.35. The fourth-order valence-corrected chi connectivity index (χ4v) is 5.55. The number of ether oxygens (including phenoxy) is 2. The van der Waals surface area contributed by atoms with Crippen molar-refractivity contribution in [1.29, 1.82) is 0 Å². The second-order valence-electron chi connectivity index (χ2n) is 9.07. The minimum Gasteiger partial charge on any atom is -0.485 e. The predicted molar refractivity (Wildman–Crippen MR) is 114 cm³/mol. The fourth-order valence-electron chi connectivity index (χ4n) is 5.10. The van der Waals surface area contributed by atoms with Crippen molar-refractivity contribution >= 4 is 16.0 Å². The van der Waals surface area contributed by atoms with Crippen molar-refractivity contribution in [3.8, 4) is 17.2 Å². The van der Waals surface area contributed by atoms with Gasteiger partial charge >= 0.3 is 15.6 Å². The Morgan fingerprint density at radius 3 is 2.65 bits per heavy atom. The topological polar surface area (TPSA) is 82.1 Å². The number of para-hydroxylation sites is 2. The molecule has 7 nitrogen and oxygen atoms in total. The van der Waals surface area contributed by atoms with Crippen LogP contribution in [0.15, 0.2) is 42.5 Å². The Morgan fingerprint density at radius 1 is 1.18 bits per heavy atom. The number of carbonyl (C=O) groups excluding carboxylic acids is 1. The van der Waals surface area contributed by atoms with Gasteiger partial charge in [0.2, 0.25) is 6.10 Å². The summed E-state index contributed by atoms with van der Waals surface area (Å²) in [6.07, 6.45) is 0.879. The van der Waals surface area contributed by atoms with E-state index in [1.165, 1.54) is 12.1 Å². The second-order valence-corrected chi connectivity index (χ2v) is 10.6. The van der Waals surface area contributed by atoms with E-state index in [9.17, 15) is 26.4 Å². The summed E-state index contributed by atoms with van der Waals surface area (Å²) in [5, 5.41) is 0. The molecule has 0 spiro atoms. The first-order valence-electron chi connectivity index (χ1n) is 10.8. The Labute approximate surface area is 194 Å². The molecule has 2 aromatic carbocycles. The molecule has 0 aromatic heterocycles. The second kappa shape index (κ2) is 7.79. The van der Waals surface area contributed by atoms with E-state index >= 15 is 0 Å². The number of likely N-dealkylation sites (tertiary alicyclic amines) is 1. The van der Waals surface area contributed by atoms with Gasteiger partial charge in [-0.05, 0) is 60.1 Å². The summed E-state index contributed by atoms with van der Waals surface area (Å²) < 4.78 is 76.9. The number of alkyl halides is 3. The van der Waals surface area contributed by atoms with Crippen LogP contribution in [-0.2, 0) is 26.7 Å². The van der Waals surface area contributed by atoms with E-state index in [4.69, 9.17) is 9.47 Å². The van der Waals surface area contributed by atoms with E-state index in [0.717, 1.165) is 11.1 Å². The van der Waals surface area contributed by atoms with Gasteiger partial charge in [0.15, 0.2) is 11.5 Å². The third kappa shape index (κ3) is 3.85. The molecule has 1 saturated heterocycles. The number of amides is 1. The summed E-state index contributed by atoms with van der Waals surface area (Å²) in [6, 6.07) is 11.2. The Hall–Kier alpha value is -2.95. The van der Waals surface area contributed by atoms with Crippen LogP contribution in [0.2, 0.25) is 0 Å². The highest BCUT2D eigenvalue weighted by Gasteiger charge is 2.49. The number of nitrogens with zero attached hydrogens (tertiary/aromatic N) is 1. The fraction of sp³-hybridized carbons (Fsp3) is 0.435. The maximum atomic E-state index is 13.3. The smallest absolute Gasteiger partial charge is 0.485 e. The van der Waals surface area contributed by atoms with Crippen molar-refractivity contribution in [3.63, 3.8) is 0 Å². The lowest BCUT2D eigenvalue weighted by Gasteiger charge is -2.50. The largest absolute Gasteiger partial charge is 0.534 e. The van der Waals surface area contributed by atoms with Gasteiger partial charge in [-0.15, -0.1) is 0 Å². The Balaban J connectivity index is 1.36. The van der Waals surface area contributed by atoms with Crippen LogP contribution in [0.4, 0.5) is 13.2 Å². The molecule has 1 unspecified atom stereocenters. The van der Waals surface area contributed by atoms with E-state index < -0.39 is 27.1 Å². The van der Waals surface area contributed by atoms with Crippen LogP contribution in [0.3, 0.4) is 0 Å². The number of rotatable bonds is 3. The summed E-state index contributed by atoms with van der Waals surface area (Å²) in [5.74, 6) is 0.570. The number of carbonyl (C=O) groups is 1. The van der Waals surface area contributed by atoms with Gasteiger partial charge in [0.05, 0.1) is 0 Å². The van der Waals surface area contributed by atoms with E-state index in [0.29, 0.717) is 37.3 Å². The number of hydrogen-bond donors (Lipinski definition) is 0. The minimum absolute atomic E-state index is 0.112. The first kappa shape index (κ1) is 22.8. The molecule has 34 heavy (non-hydrogen) atoms. The van der Waals surface area contributed by atoms with E-state index in [-0.39, 0.29) is 24.3 Å². The SMILES string of the molecule is C[C@]12CCN(C(=O)C3COc4ccccc4O3)[C@H](Cc3ccc(OS(=O)(=O)C(F)(F)F)cc31)C2.